The van der Waals surface area contributed by atoms with Crippen LogP contribution in [0.3, 0.4) is 0 Å². The third-order valence-corrected chi connectivity index (χ3v) is 2.99. The van der Waals surface area contributed by atoms with E-state index in [4.69, 9.17) is 16.3 Å². The summed E-state index contributed by atoms with van der Waals surface area (Å²) in [5.41, 5.74) is 4.18. The third-order valence-electron chi connectivity index (χ3n) is 2.78. The van der Waals surface area contributed by atoms with Gasteiger partial charge in [0.25, 0.3) is 0 Å². The predicted octanol–water partition coefficient (Wildman–Crippen LogP) is 3.02. The van der Waals surface area contributed by atoms with E-state index in [0.717, 1.165) is 5.56 Å². The maximum atomic E-state index is 10.1. The molecule has 0 radical (unpaired) electrons. The molecule has 7 heteroatoms. The number of allylic oxidation sites excluding steroid dienone is 1. The standard InChI is InChI=1S/C15H15ClN4O2/c1-3-4-10-5-11(15(21)12(6-10)22-2)8-19-20-14-7-13(16)17-9-18-14/h3,5-9,21H,1,4H2,2H3,(H,17,18,20)/b19-8+. The zero-order chi connectivity index (χ0) is 15.9. The summed E-state index contributed by atoms with van der Waals surface area (Å²) in [6.45, 7) is 3.70. The minimum absolute atomic E-state index is 0.0154. The monoisotopic (exact) mass is 318 g/mol. The van der Waals surface area contributed by atoms with Crippen LogP contribution in [0.4, 0.5) is 5.82 Å². The summed E-state index contributed by atoms with van der Waals surface area (Å²) < 4.78 is 5.15. The van der Waals surface area contributed by atoms with Crippen LogP contribution in [0.25, 0.3) is 0 Å². The molecule has 0 atom stereocenters. The Bertz CT molecular complexity index is 704. The molecule has 0 spiro atoms. The van der Waals surface area contributed by atoms with E-state index in [1.807, 2.05) is 0 Å². The molecule has 1 aromatic carbocycles. The number of aromatic hydroxyl groups is 1. The highest BCUT2D eigenvalue weighted by molar-refractivity contribution is 6.29. The van der Waals surface area contributed by atoms with Crippen LogP contribution in [0.1, 0.15) is 11.1 Å². The first-order chi connectivity index (χ1) is 10.6. The molecule has 0 unspecified atom stereocenters. The Hall–Kier alpha value is -2.60. The van der Waals surface area contributed by atoms with Gasteiger partial charge in [-0.25, -0.2) is 9.97 Å². The molecule has 1 heterocycles. The van der Waals surface area contributed by atoms with Crippen LogP contribution < -0.4 is 10.2 Å². The van der Waals surface area contributed by atoms with Crippen molar-refractivity contribution in [2.45, 2.75) is 6.42 Å². The van der Waals surface area contributed by atoms with Crippen molar-refractivity contribution in [3.63, 3.8) is 0 Å². The van der Waals surface area contributed by atoms with Gasteiger partial charge in [-0.1, -0.05) is 17.7 Å². The minimum Gasteiger partial charge on any atom is -0.504 e. The van der Waals surface area contributed by atoms with Crippen molar-refractivity contribution >= 4 is 23.6 Å². The van der Waals surface area contributed by atoms with Gasteiger partial charge >= 0.3 is 0 Å². The Morgan fingerprint density at radius 3 is 2.91 bits per heavy atom. The number of nitrogens with zero attached hydrogens (tertiary/aromatic N) is 3. The molecule has 1 aromatic heterocycles. The molecule has 2 rings (SSSR count). The highest BCUT2D eigenvalue weighted by Gasteiger charge is 2.08. The maximum Gasteiger partial charge on any atom is 0.166 e. The fraction of sp³-hybridized carbons (Fsp3) is 0.133. The zero-order valence-electron chi connectivity index (χ0n) is 12.0. The fourth-order valence-corrected chi connectivity index (χ4v) is 1.94. The van der Waals surface area contributed by atoms with E-state index >= 15 is 0 Å². The van der Waals surface area contributed by atoms with E-state index < -0.39 is 0 Å². The first kappa shape index (κ1) is 15.8. The topological polar surface area (TPSA) is 79.6 Å². The van der Waals surface area contributed by atoms with Gasteiger partial charge in [-0.2, -0.15) is 5.10 Å². The molecule has 0 amide bonds. The molecular formula is C15H15ClN4O2. The summed E-state index contributed by atoms with van der Waals surface area (Å²) in [7, 11) is 1.49. The highest BCUT2D eigenvalue weighted by atomic mass is 35.5. The van der Waals surface area contributed by atoms with Crippen molar-refractivity contribution in [2.24, 2.45) is 5.10 Å². The first-order valence-corrected chi connectivity index (χ1v) is 6.79. The molecule has 0 fully saturated rings. The van der Waals surface area contributed by atoms with Gasteiger partial charge in [0, 0.05) is 11.6 Å². The zero-order valence-corrected chi connectivity index (χ0v) is 12.7. The largest absolute Gasteiger partial charge is 0.504 e. The molecule has 22 heavy (non-hydrogen) atoms. The first-order valence-electron chi connectivity index (χ1n) is 6.41. The number of phenols is 1. The van der Waals surface area contributed by atoms with Gasteiger partial charge in [-0.3, -0.25) is 5.43 Å². The lowest BCUT2D eigenvalue weighted by atomic mass is 10.1. The minimum atomic E-state index is 0.0154. The number of anilines is 1. The second kappa shape index (κ2) is 7.42. The normalized spacial score (nSPS) is 10.6. The summed E-state index contributed by atoms with van der Waals surface area (Å²) in [5.74, 6) is 0.845. The van der Waals surface area contributed by atoms with Crippen LogP contribution in [0.5, 0.6) is 11.5 Å². The number of ether oxygens (including phenoxy) is 1. The molecule has 0 aliphatic rings. The molecular weight excluding hydrogens is 304 g/mol. The van der Waals surface area contributed by atoms with Crippen molar-refractivity contribution in [2.75, 3.05) is 12.5 Å². The van der Waals surface area contributed by atoms with Gasteiger partial charge in [0.05, 0.1) is 13.3 Å². The van der Waals surface area contributed by atoms with Gasteiger partial charge in [-0.05, 0) is 24.1 Å². The van der Waals surface area contributed by atoms with Crippen LogP contribution in [0.2, 0.25) is 5.15 Å². The Labute approximate surface area is 133 Å². The number of rotatable bonds is 6. The van der Waals surface area contributed by atoms with Crippen LogP contribution in [0, 0.1) is 0 Å². The molecule has 2 aromatic rings. The Kier molecular flexibility index (Phi) is 5.32. The average Bonchev–Trinajstić information content (AvgIpc) is 2.50. The number of methoxy groups -OCH3 is 1. The predicted molar refractivity (Wildman–Crippen MR) is 86.8 cm³/mol. The van der Waals surface area contributed by atoms with Crippen molar-refractivity contribution in [3.05, 3.63) is 53.5 Å². The number of nitrogens with one attached hydrogen (secondary N) is 1. The van der Waals surface area contributed by atoms with Gasteiger partial charge in [-0.15, -0.1) is 6.58 Å². The Morgan fingerprint density at radius 2 is 2.23 bits per heavy atom. The summed E-state index contributed by atoms with van der Waals surface area (Å²) in [6.07, 6.45) is 5.23. The summed E-state index contributed by atoms with van der Waals surface area (Å²) in [6, 6.07) is 5.09. The molecule has 0 saturated heterocycles. The Morgan fingerprint density at radius 1 is 1.41 bits per heavy atom. The number of aromatic nitrogens is 2. The van der Waals surface area contributed by atoms with E-state index in [9.17, 15) is 5.11 Å². The maximum absolute atomic E-state index is 10.1. The summed E-state index contributed by atoms with van der Waals surface area (Å²) >= 11 is 5.75. The summed E-state index contributed by atoms with van der Waals surface area (Å²) in [4.78, 5) is 7.72. The molecule has 0 aliphatic heterocycles. The number of benzene rings is 1. The van der Waals surface area contributed by atoms with Crippen LogP contribution in [-0.4, -0.2) is 28.4 Å². The lowest BCUT2D eigenvalue weighted by Gasteiger charge is -2.08. The average molecular weight is 319 g/mol. The van der Waals surface area contributed by atoms with E-state index in [1.165, 1.54) is 25.7 Å². The van der Waals surface area contributed by atoms with Crippen molar-refractivity contribution in [3.8, 4) is 11.5 Å². The second-order valence-corrected chi connectivity index (χ2v) is 4.71. The van der Waals surface area contributed by atoms with Gasteiger partial charge < -0.3 is 9.84 Å². The van der Waals surface area contributed by atoms with Crippen molar-refractivity contribution in [1.29, 1.82) is 0 Å². The number of hydrogen-bond acceptors (Lipinski definition) is 6. The van der Waals surface area contributed by atoms with E-state index in [1.54, 1.807) is 18.2 Å². The lowest BCUT2D eigenvalue weighted by Crippen LogP contribution is -1.96. The second-order valence-electron chi connectivity index (χ2n) is 4.32. The van der Waals surface area contributed by atoms with Crippen molar-refractivity contribution < 1.29 is 9.84 Å². The van der Waals surface area contributed by atoms with Crippen LogP contribution in [0.15, 0.2) is 42.3 Å². The van der Waals surface area contributed by atoms with Gasteiger partial charge in [0.2, 0.25) is 0 Å². The van der Waals surface area contributed by atoms with Gasteiger partial charge in [0.15, 0.2) is 17.3 Å². The Balaban J connectivity index is 2.22. The fourth-order valence-electron chi connectivity index (χ4n) is 1.79. The van der Waals surface area contributed by atoms with Crippen LogP contribution >= 0.6 is 11.6 Å². The molecule has 2 N–H and O–H groups in total. The highest BCUT2D eigenvalue weighted by Crippen LogP contribution is 2.30. The number of phenolic OH excluding ortho intramolecular Hbond substituents is 1. The quantitative estimate of drug-likeness (QED) is 0.370. The smallest absolute Gasteiger partial charge is 0.166 e. The molecule has 0 bridgehead atoms. The molecule has 114 valence electrons. The van der Waals surface area contributed by atoms with Crippen molar-refractivity contribution in [1.82, 2.24) is 9.97 Å². The molecule has 6 nitrogen and oxygen atoms in total. The SMILES string of the molecule is C=CCc1cc(/C=N/Nc2cc(Cl)ncn2)c(O)c(OC)c1. The van der Waals surface area contributed by atoms with E-state index in [-0.39, 0.29) is 5.75 Å². The number of halogens is 1. The van der Waals surface area contributed by atoms with E-state index in [0.29, 0.717) is 28.7 Å². The number of hydrogen-bond donors (Lipinski definition) is 2. The van der Waals surface area contributed by atoms with Gasteiger partial charge in [0.1, 0.15) is 11.5 Å². The summed E-state index contributed by atoms with van der Waals surface area (Å²) in [5, 5.41) is 14.4. The molecule has 0 saturated carbocycles. The number of hydrazone groups is 1. The molecule has 0 aliphatic carbocycles. The van der Waals surface area contributed by atoms with E-state index in [2.05, 4.69) is 27.1 Å². The van der Waals surface area contributed by atoms with Crippen LogP contribution in [-0.2, 0) is 6.42 Å². The third kappa shape index (κ3) is 3.95. The lowest BCUT2D eigenvalue weighted by molar-refractivity contribution is 0.372.